The number of hydrogen-bond acceptors (Lipinski definition) is 5. The van der Waals surface area contributed by atoms with E-state index >= 15 is 0 Å². The van der Waals surface area contributed by atoms with Crippen LogP contribution in [-0.2, 0) is 22.4 Å². The van der Waals surface area contributed by atoms with Crippen LogP contribution in [0.4, 0.5) is 10.5 Å². The summed E-state index contributed by atoms with van der Waals surface area (Å²) >= 11 is 0. The zero-order valence-electron chi connectivity index (χ0n) is 20.3. The summed E-state index contributed by atoms with van der Waals surface area (Å²) in [6.07, 6.45) is 5.14. The molecule has 36 heavy (non-hydrogen) atoms. The van der Waals surface area contributed by atoms with Gasteiger partial charge in [0.05, 0.1) is 19.4 Å². The lowest BCUT2D eigenvalue weighted by Crippen LogP contribution is -2.48. The van der Waals surface area contributed by atoms with Crippen LogP contribution in [-0.4, -0.2) is 58.7 Å². The normalized spacial score (nSPS) is 18.4. The first kappa shape index (κ1) is 23.8. The first-order chi connectivity index (χ1) is 17.3. The minimum Gasteiger partial charge on any atom is -0.373 e. The smallest absolute Gasteiger partial charge is 0.342 e. The molecule has 2 aliphatic heterocycles. The quantitative estimate of drug-likeness (QED) is 0.557. The molecule has 2 N–H and O–H groups in total. The minimum absolute atomic E-state index is 0.203. The Morgan fingerprint density at radius 1 is 1.22 bits per heavy atom. The van der Waals surface area contributed by atoms with Crippen LogP contribution in [0.3, 0.4) is 0 Å². The fraction of sp³-hybridized carbons (Fsp3) is 0.321. The molecule has 0 saturated carbocycles. The number of hydrogen-bond donors (Lipinski definition) is 2. The summed E-state index contributed by atoms with van der Waals surface area (Å²) in [4.78, 5) is 27.7. The molecule has 1 atom stereocenters. The number of nitrogens with zero attached hydrogens (tertiary/aromatic N) is 3. The van der Waals surface area contributed by atoms with Crippen molar-refractivity contribution in [1.29, 1.82) is 0 Å². The zero-order chi connectivity index (χ0) is 25.3. The zero-order valence-corrected chi connectivity index (χ0v) is 20.3. The molecule has 5 rings (SSSR count). The Morgan fingerprint density at radius 3 is 2.72 bits per heavy atom. The maximum absolute atomic E-state index is 13.2. The van der Waals surface area contributed by atoms with Crippen molar-refractivity contribution in [3.63, 3.8) is 0 Å². The largest absolute Gasteiger partial charge is 0.373 e. The predicted molar refractivity (Wildman–Crippen MR) is 135 cm³/mol. The molecule has 184 valence electrons. The lowest BCUT2D eigenvalue weighted by atomic mass is 10.0. The number of benzene rings is 2. The second kappa shape index (κ2) is 9.61. The van der Waals surface area contributed by atoms with Gasteiger partial charge in [-0.3, -0.25) is 4.79 Å². The van der Waals surface area contributed by atoms with Crippen molar-refractivity contribution in [2.75, 3.05) is 25.2 Å². The van der Waals surface area contributed by atoms with Crippen molar-refractivity contribution >= 4 is 17.6 Å². The standard InChI is InChI=1S/C28H28N4O4/c1-19-3-5-20(6-4-19)13-22-15-29-32(16-22)27(34)30-24-10-9-23-8-7-21(11-12-28(35)17-36-18-28)14-25(23)31(2)26(24)33/h3-8,14-16,24,35H,9-10,13,17-18H2,1-2H3,(H,30,34)/t24-/m0/s1. The number of aliphatic hydroxyl groups is 1. The molecule has 8 heteroatoms. The number of anilines is 1. The summed E-state index contributed by atoms with van der Waals surface area (Å²) < 4.78 is 6.27. The van der Waals surface area contributed by atoms with Crippen LogP contribution in [0.1, 0.15) is 34.2 Å². The minimum atomic E-state index is -1.10. The topological polar surface area (TPSA) is 96.7 Å². The molecule has 2 amide bonds. The fourth-order valence-electron chi connectivity index (χ4n) is 4.35. The van der Waals surface area contributed by atoms with E-state index in [-0.39, 0.29) is 19.1 Å². The maximum atomic E-state index is 13.2. The van der Waals surface area contributed by atoms with E-state index in [2.05, 4.69) is 46.5 Å². The van der Waals surface area contributed by atoms with Gasteiger partial charge in [-0.25, -0.2) is 4.79 Å². The van der Waals surface area contributed by atoms with Gasteiger partial charge in [-0.15, -0.1) is 0 Å². The summed E-state index contributed by atoms with van der Waals surface area (Å²) in [6.45, 7) is 2.45. The molecule has 3 aromatic rings. The summed E-state index contributed by atoms with van der Waals surface area (Å²) in [7, 11) is 1.70. The molecule has 0 bridgehead atoms. The first-order valence-corrected chi connectivity index (χ1v) is 11.9. The number of aryl methyl sites for hydroxylation is 2. The van der Waals surface area contributed by atoms with Gasteiger partial charge in [-0.05, 0) is 48.6 Å². The average Bonchev–Trinajstić information content (AvgIpc) is 3.29. The number of rotatable bonds is 3. The van der Waals surface area contributed by atoms with Gasteiger partial charge >= 0.3 is 6.03 Å². The van der Waals surface area contributed by atoms with Crippen LogP contribution < -0.4 is 10.2 Å². The van der Waals surface area contributed by atoms with Crippen molar-refractivity contribution in [2.24, 2.45) is 0 Å². The molecule has 0 aliphatic carbocycles. The number of amides is 2. The Labute approximate surface area is 209 Å². The van der Waals surface area contributed by atoms with Gasteiger partial charge in [0.2, 0.25) is 5.91 Å². The molecule has 2 aliphatic rings. The van der Waals surface area contributed by atoms with E-state index in [1.54, 1.807) is 24.3 Å². The molecule has 0 unspecified atom stereocenters. The van der Waals surface area contributed by atoms with Crippen molar-refractivity contribution in [1.82, 2.24) is 15.1 Å². The van der Waals surface area contributed by atoms with Crippen molar-refractivity contribution in [2.45, 2.75) is 37.8 Å². The van der Waals surface area contributed by atoms with E-state index in [0.717, 1.165) is 22.4 Å². The molecular formula is C28H28N4O4. The third kappa shape index (κ3) is 5.03. The van der Waals surface area contributed by atoms with Gasteiger partial charge in [-0.2, -0.15) is 9.78 Å². The molecule has 0 radical (unpaired) electrons. The molecule has 8 nitrogen and oxygen atoms in total. The number of likely N-dealkylation sites (N-methyl/N-ethyl adjacent to an activating group) is 1. The first-order valence-electron chi connectivity index (χ1n) is 11.9. The third-order valence-electron chi connectivity index (χ3n) is 6.57. The molecule has 2 aromatic carbocycles. The number of carbonyl (C=O) groups excluding carboxylic acids is 2. The van der Waals surface area contributed by atoms with Crippen LogP contribution in [0, 0.1) is 18.8 Å². The van der Waals surface area contributed by atoms with Gasteiger partial charge in [0.1, 0.15) is 6.04 Å². The lowest BCUT2D eigenvalue weighted by molar-refractivity contribution is -0.140. The van der Waals surface area contributed by atoms with Crippen LogP contribution in [0.15, 0.2) is 54.9 Å². The van der Waals surface area contributed by atoms with Crippen LogP contribution in [0.25, 0.3) is 0 Å². The SMILES string of the molecule is Cc1ccc(Cc2cnn(C(=O)N[C@H]3CCc4ccc(C#CC5(O)COC5)cc4N(C)C3=O)c2)cc1. The van der Waals surface area contributed by atoms with Crippen molar-refractivity contribution in [3.05, 3.63) is 82.7 Å². The number of carbonyl (C=O) groups is 2. The Bertz CT molecular complexity index is 1360. The number of aromatic nitrogens is 2. The van der Waals surface area contributed by atoms with E-state index in [1.807, 2.05) is 25.1 Å². The Morgan fingerprint density at radius 2 is 2.00 bits per heavy atom. The number of fused-ring (bicyclic) bond motifs is 1. The van der Waals surface area contributed by atoms with Gasteiger partial charge in [-0.1, -0.05) is 47.7 Å². The monoisotopic (exact) mass is 484 g/mol. The van der Waals surface area contributed by atoms with Crippen molar-refractivity contribution in [3.8, 4) is 11.8 Å². The summed E-state index contributed by atoms with van der Waals surface area (Å²) in [5.41, 5.74) is 4.60. The van der Waals surface area contributed by atoms with Crippen molar-refractivity contribution < 1.29 is 19.4 Å². The molecule has 1 fully saturated rings. The highest BCUT2D eigenvalue weighted by Crippen LogP contribution is 2.27. The Kier molecular flexibility index (Phi) is 6.35. The van der Waals surface area contributed by atoms with E-state index in [1.165, 1.54) is 10.2 Å². The second-order valence-electron chi connectivity index (χ2n) is 9.51. The second-order valence-corrected chi connectivity index (χ2v) is 9.51. The molecule has 1 saturated heterocycles. The molecule has 0 spiro atoms. The van der Waals surface area contributed by atoms with E-state index in [0.29, 0.717) is 24.8 Å². The van der Waals surface area contributed by atoms with Gasteiger partial charge in [0.15, 0.2) is 5.60 Å². The predicted octanol–water partition coefficient (Wildman–Crippen LogP) is 2.43. The van der Waals surface area contributed by atoms with Gasteiger partial charge in [0, 0.05) is 30.9 Å². The molecule has 3 heterocycles. The highest BCUT2D eigenvalue weighted by molar-refractivity contribution is 6.00. The third-order valence-corrected chi connectivity index (χ3v) is 6.57. The highest BCUT2D eigenvalue weighted by atomic mass is 16.5. The summed E-state index contributed by atoms with van der Waals surface area (Å²) in [5, 5.41) is 17.2. The lowest BCUT2D eigenvalue weighted by Gasteiger charge is -2.30. The average molecular weight is 485 g/mol. The van der Waals surface area contributed by atoms with E-state index in [4.69, 9.17) is 4.74 Å². The Hall–Kier alpha value is -3.93. The summed E-state index contributed by atoms with van der Waals surface area (Å²) in [5.74, 6) is 5.62. The van der Waals surface area contributed by atoms with E-state index < -0.39 is 17.7 Å². The number of ether oxygens (including phenoxy) is 1. The summed E-state index contributed by atoms with van der Waals surface area (Å²) in [6, 6.07) is 12.8. The number of nitrogens with one attached hydrogen (secondary N) is 1. The Balaban J connectivity index is 1.26. The van der Waals surface area contributed by atoms with Gasteiger partial charge in [0.25, 0.3) is 0 Å². The van der Waals surface area contributed by atoms with Crippen LogP contribution in [0.5, 0.6) is 0 Å². The highest BCUT2D eigenvalue weighted by Gasteiger charge is 2.34. The molecular weight excluding hydrogens is 456 g/mol. The van der Waals surface area contributed by atoms with E-state index in [9.17, 15) is 14.7 Å². The maximum Gasteiger partial charge on any atom is 0.342 e. The molecule has 1 aromatic heterocycles. The fourth-order valence-corrected chi connectivity index (χ4v) is 4.35. The van der Waals surface area contributed by atoms with Gasteiger partial charge < -0.3 is 20.1 Å². The van der Waals surface area contributed by atoms with Crippen LogP contribution >= 0.6 is 0 Å². The van der Waals surface area contributed by atoms with Crippen LogP contribution in [0.2, 0.25) is 0 Å².